The minimum absolute atomic E-state index is 0.0140. The molecule has 2 rings (SSSR count). The number of piperidine rings is 1. The van der Waals surface area contributed by atoms with E-state index in [1.54, 1.807) is 10.4 Å². The molecule has 112 valence electrons. The summed E-state index contributed by atoms with van der Waals surface area (Å²) in [6, 6.07) is 3.64. The molecule has 2 heterocycles. The first-order valence-corrected chi connectivity index (χ1v) is 8.57. The smallest absolute Gasteiger partial charge is 0.233 e. The van der Waals surface area contributed by atoms with Crippen molar-refractivity contribution in [3.63, 3.8) is 0 Å². The second-order valence-electron chi connectivity index (χ2n) is 5.05. The zero-order valence-corrected chi connectivity index (χ0v) is 12.8. The van der Waals surface area contributed by atoms with Crippen molar-refractivity contribution in [2.75, 3.05) is 18.8 Å². The molecule has 0 bridgehead atoms. The number of rotatable bonds is 5. The predicted molar refractivity (Wildman–Crippen MR) is 76.1 cm³/mol. The van der Waals surface area contributed by atoms with E-state index in [1.165, 1.54) is 0 Å². The van der Waals surface area contributed by atoms with Crippen molar-refractivity contribution in [3.05, 3.63) is 17.8 Å². The van der Waals surface area contributed by atoms with E-state index in [9.17, 15) is 8.42 Å². The van der Waals surface area contributed by atoms with Crippen LogP contribution in [0, 0.1) is 6.92 Å². The zero-order valence-electron chi connectivity index (χ0n) is 11.9. The van der Waals surface area contributed by atoms with Crippen molar-refractivity contribution in [2.45, 2.75) is 39.2 Å². The first-order valence-electron chi connectivity index (χ1n) is 6.96. The summed E-state index contributed by atoms with van der Waals surface area (Å²) in [5, 5.41) is 7.91. The lowest BCUT2D eigenvalue weighted by molar-refractivity contribution is 0.128. The average Bonchev–Trinajstić information content (AvgIpc) is 2.42. The lowest BCUT2D eigenvalue weighted by atomic mass is 10.1. The van der Waals surface area contributed by atoms with Gasteiger partial charge in [0.15, 0.2) is 0 Å². The Bertz CT molecular complexity index is 522. The Morgan fingerprint density at radius 1 is 1.30 bits per heavy atom. The standard InChI is InChI=1S/C13H21N3O3S/c1-3-10-20(17,18)16-8-6-12(7-9-16)19-13-5-4-11(2)14-15-13/h4-5,12H,3,6-10H2,1-2H3. The molecular weight excluding hydrogens is 278 g/mol. The molecule has 1 fully saturated rings. The van der Waals surface area contributed by atoms with Gasteiger partial charge in [-0.15, -0.1) is 5.10 Å². The number of hydrogen-bond acceptors (Lipinski definition) is 5. The van der Waals surface area contributed by atoms with Crippen LogP contribution in [0.1, 0.15) is 31.9 Å². The fourth-order valence-corrected chi connectivity index (χ4v) is 3.78. The second-order valence-corrected chi connectivity index (χ2v) is 7.13. The molecular formula is C13H21N3O3S. The van der Waals surface area contributed by atoms with E-state index in [2.05, 4.69) is 10.2 Å². The van der Waals surface area contributed by atoms with E-state index in [0.717, 1.165) is 5.69 Å². The van der Waals surface area contributed by atoms with Crippen LogP contribution in [-0.2, 0) is 10.0 Å². The Balaban J connectivity index is 1.87. The van der Waals surface area contributed by atoms with E-state index < -0.39 is 10.0 Å². The van der Waals surface area contributed by atoms with Gasteiger partial charge in [-0.2, -0.15) is 5.10 Å². The molecule has 1 aromatic heterocycles. The fourth-order valence-electron chi connectivity index (χ4n) is 2.24. The van der Waals surface area contributed by atoms with Gasteiger partial charge < -0.3 is 4.74 Å². The summed E-state index contributed by atoms with van der Waals surface area (Å²) in [4.78, 5) is 0. The van der Waals surface area contributed by atoms with Crippen LogP contribution in [0.5, 0.6) is 5.88 Å². The first kappa shape index (κ1) is 15.2. The molecule has 1 saturated heterocycles. The topological polar surface area (TPSA) is 72.4 Å². The van der Waals surface area contributed by atoms with Crippen molar-refractivity contribution >= 4 is 10.0 Å². The van der Waals surface area contributed by atoms with Crippen molar-refractivity contribution < 1.29 is 13.2 Å². The van der Waals surface area contributed by atoms with Crippen LogP contribution in [0.4, 0.5) is 0 Å². The summed E-state index contributed by atoms with van der Waals surface area (Å²) in [7, 11) is -3.09. The van der Waals surface area contributed by atoms with Crippen molar-refractivity contribution in [1.29, 1.82) is 0 Å². The van der Waals surface area contributed by atoms with Gasteiger partial charge in [0.25, 0.3) is 0 Å². The van der Waals surface area contributed by atoms with Crippen LogP contribution in [0.3, 0.4) is 0 Å². The van der Waals surface area contributed by atoms with Gasteiger partial charge in [0.1, 0.15) is 6.10 Å². The maximum Gasteiger partial charge on any atom is 0.233 e. The van der Waals surface area contributed by atoms with Crippen molar-refractivity contribution in [3.8, 4) is 5.88 Å². The van der Waals surface area contributed by atoms with Gasteiger partial charge in [0, 0.05) is 19.2 Å². The maximum atomic E-state index is 12.0. The van der Waals surface area contributed by atoms with Gasteiger partial charge in [-0.05, 0) is 32.3 Å². The highest BCUT2D eigenvalue weighted by molar-refractivity contribution is 7.89. The monoisotopic (exact) mass is 299 g/mol. The van der Waals surface area contributed by atoms with E-state index >= 15 is 0 Å². The normalized spacial score (nSPS) is 18.1. The molecule has 0 radical (unpaired) electrons. The molecule has 7 heteroatoms. The van der Waals surface area contributed by atoms with Crippen LogP contribution in [0.15, 0.2) is 12.1 Å². The Labute approximate surface area is 120 Å². The fraction of sp³-hybridized carbons (Fsp3) is 0.692. The number of aryl methyl sites for hydroxylation is 1. The molecule has 0 unspecified atom stereocenters. The molecule has 0 amide bonds. The molecule has 0 N–H and O–H groups in total. The molecule has 0 spiro atoms. The van der Waals surface area contributed by atoms with Crippen molar-refractivity contribution in [2.24, 2.45) is 0 Å². The van der Waals surface area contributed by atoms with Crippen molar-refractivity contribution in [1.82, 2.24) is 14.5 Å². The molecule has 0 aromatic carbocycles. The minimum Gasteiger partial charge on any atom is -0.473 e. The van der Waals surface area contributed by atoms with Gasteiger partial charge in [-0.1, -0.05) is 6.92 Å². The van der Waals surface area contributed by atoms with E-state index in [4.69, 9.17) is 4.74 Å². The Morgan fingerprint density at radius 3 is 2.55 bits per heavy atom. The van der Waals surface area contributed by atoms with Gasteiger partial charge >= 0.3 is 0 Å². The van der Waals surface area contributed by atoms with Gasteiger partial charge in [0.05, 0.1) is 11.4 Å². The molecule has 1 aromatic rings. The molecule has 1 aliphatic heterocycles. The average molecular weight is 299 g/mol. The first-order chi connectivity index (χ1) is 9.51. The lowest BCUT2D eigenvalue weighted by Crippen LogP contribution is -2.42. The van der Waals surface area contributed by atoms with Gasteiger partial charge in [-0.3, -0.25) is 0 Å². The third-order valence-corrected chi connectivity index (χ3v) is 5.39. The largest absolute Gasteiger partial charge is 0.473 e. The molecule has 1 aliphatic rings. The maximum absolute atomic E-state index is 12.0. The SMILES string of the molecule is CCCS(=O)(=O)N1CCC(Oc2ccc(C)nn2)CC1. The van der Waals surface area contributed by atoms with Crippen LogP contribution >= 0.6 is 0 Å². The van der Waals surface area contributed by atoms with Crippen LogP contribution in [0.25, 0.3) is 0 Å². The highest BCUT2D eigenvalue weighted by Crippen LogP contribution is 2.19. The zero-order chi connectivity index (χ0) is 14.6. The second kappa shape index (κ2) is 6.49. The third-order valence-electron chi connectivity index (χ3n) is 3.32. The Morgan fingerprint density at radius 2 is 2.00 bits per heavy atom. The number of ether oxygens (including phenoxy) is 1. The number of aromatic nitrogens is 2. The Kier molecular flexibility index (Phi) is 4.93. The predicted octanol–water partition coefficient (Wildman–Crippen LogP) is 1.37. The number of sulfonamides is 1. The van der Waals surface area contributed by atoms with E-state index in [-0.39, 0.29) is 11.9 Å². The molecule has 0 aliphatic carbocycles. The third kappa shape index (κ3) is 3.89. The van der Waals surface area contributed by atoms with Crippen LogP contribution < -0.4 is 4.74 Å². The Hall–Kier alpha value is -1.21. The molecule has 20 heavy (non-hydrogen) atoms. The van der Waals surface area contributed by atoms with Gasteiger partial charge in [-0.25, -0.2) is 12.7 Å². The molecule has 6 nitrogen and oxygen atoms in total. The number of nitrogens with zero attached hydrogens (tertiary/aromatic N) is 3. The molecule has 0 atom stereocenters. The summed E-state index contributed by atoms with van der Waals surface area (Å²) in [5.41, 5.74) is 0.845. The van der Waals surface area contributed by atoms with E-state index in [0.29, 0.717) is 38.2 Å². The van der Waals surface area contributed by atoms with Gasteiger partial charge in [0.2, 0.25) is 15.9 Å². The van der Waals surface area contributed by atoms with Crippen LogP contribution in [0.2, 0.25) is 0 Å². The van der Waals surface area contributed by atoms with E-state index in [1.807, 2.05) is 19.9 Å². The highest BCUT2D eigenvalue weighted by atomic mass is 32.2. The highest BCUT2D eigenvalue weighted by Gasteiger charge is 2.28. The minimum atomic E-state index is -3.09. The summed E-state index contributed by atoms with van der Waals surface area (Å²) in [5.74, 6) is 0.729. The molecule has 0 saturated carbocycles. The number of hydrogen-bond donors (Lipinski definition) is 0. The lowest BCUT2D eigenvalue weighted by Gasteiger charge is -2.31. The summed E-state index contributed by atoms with van der Waals surface area (Å²) in [6.45, 7) is 4.79. The summed E-state index contributed by atoms with van der Waals surface area (Å²) >= 11 is 0. The van der Waals surface area contributed by atoms with Crippen LogP contribution in [-0.4, -0.2) is 47.9 Å². The quantitative estimate of drug-likeness (QED) is 0.821. The summed E-state index contributed by atoms with van der Waals surface area (Å²) in [6.07, 6.45) is 2.05. The summed E-state index contributed by atoms with van der Waals surface area (Å²) < 4.78 is 31.2.